The predicted molar refractivity (Wildman–Crippen MR) is 71.3 cm³/mol. The molecule has 0 aliphatic carbocycles. The Morgan fingerprint density at radius 1 is 1.17 bits per heavy atom. The second-order valence-electron chi connectivity index (χ2n) is 4.55. The Labute approximate surface area is 105 Å². The molecule has 0 saturated heterocycles. The average Bonchev–Trinajstić information content (AvgIpc) is 2.89. The molecule has 2 aromatic heterocycles. The van der Waals surface area contributed by atoms with E-state index in [1.54, 1.807) is 0 Å². The number of hydrogen-bond donors (Lipinski definition) is 3. The third-order valence-corrected chi connectivity index (χ3v) is 3.20. The van der Waals surface area contributed by atoms with Crippen molar-refractivity contribution < 1.29 is 5.11 Å². The summed E-state index contributed by atoms with van der Waals surface area (Å²) in [6, 6.07) is 8.10. The number of aliphatic hydroxyl groups excluding tert-OH is 1. The van der Waals surface area contributed by atoms with Gasteiger partial charge < -0.3 is 15.1 Å². The summed E-state index contributed by atoms with van der Waals surface area (Å²) in [5.74, 6) is 0.917. The van der Waals surface area contributed by atoms with Crippen LogP contribution in [0.1, 0.15) is 17.1 Å². The lowest BCUT2D eigenvalue weighted by atomic mass is 10.1. The Balaban J connectivity index is 2.12. The maximum Gasteiger partial charge on any atom is 0.104 e. The molecule has 4 nitrogen and oxygen atoms in total. The number of hydrogen-bond acceptors (Lipinski definition) is 2. The molecule has 0 bridgehead atoms. The quantitative estimate of drug-likeness (QED) is 0.645. The maximum atomic E-state index is 9.22. The van der Waals surface area contributed by atoms with Gasteiger partial charge in [0.05, 0.1) is 17.6 Å². The second kappa shape index (κ2) is 3.99. The van der Waals surface area contributed by atoms with E-state index in [-0.39, 0.29) is 6.61 Å². The second-order valence-corrected chi connectivity index (χ2v) is 4.55. The zero-order chi connectivity index (χ0) is 12.7. The largest absolute Gasteiger partial charge is 0.392 e. The third kappa shape index (κ3) is 1.71. The smallest absolute Gasteiger partial charge is 0.104 e. The molecule has 3 rings (SSSR count). The fourth-order valence-electron chi connectivity index (χ4n) is 2.23. The molecule has 0 fully saturated rings. The van der Waals surface area contributed by atoms with E-state index in [9.17, 15) is 5.11 Å². The molecule has 1 aromatic carbocycles. The Morgan fingerprint density at radius 2 is 2.00 bits per heavy atom. The van der Waals surface area contributed by atoms with Gasteiger partial charge in [0.2, 0.25) is 0 Å². The number of H-pyrrole nitrogens is 2. The minimum absolute atomic E-state index is 0.0632. The minimum Gasteiger partial charge on any atom is -0.392 e. The Hall–Kier alpha value is -2.07. The van der Waals surface area contributed by atoms with Gasteiger partial charge in [0.1, 0.15) is 5.82 Å². The van der Waals surface area contributed by atoms with Crippen LogP contribution in [-0.4, -0.2) is 20.1 Å². The van der Waals surface area contributed by atoms with Crippen LogP contribution in [0.5, 0.6) is 0 Å². The number of fused-ring (bicyclic) bond motifs is 1. The summed E-state index contributed by atoms with van der Waals surface area (Å²) < 4.78 is 0. The number of aliphatic hydroxyl groups is 1. The highest BCUT2D eigenvalue weighted by Crippen LogP contribution is 2.24. The first-order valence-corrected chi connectivity index (χ1v) is 5.93. The van der Waals surface area contributed by atoms with Crippen molar-refractivity contribution in [3.63, 3.8) is 0 Å². The fourth-order valence-corrected chi connectivity index (χ4v) is 2.23. The van der Waals surface area contributed by atoms with Gasteiger partial charge in [0.25, 0.3) is 0 Å². The zero-order valence-electron chi connectivity index (χ0n) is 10.4. The summed E-state index contributed by atoms with van der Waals surface area (Å²) in [4.78, 5) is 10.9. The molecule has 2 heterocycles. The van der Waals surface area contributed by atoms with Crippen molar-refractivity contribution in [1.29, 1.82) is 0 Å². The van der Waals surface area contributed by atoms with E-state index in [4.69, 9.17) is 0 Å². The fraction of sp³-hybridized carbons (Fsp3) is 0.214. The van der Waals surface area contributed by atoms with Crippen molar-refractivity contribution in [2.75, 3.05) is 0 Å². The minimum atomic E-state index is 0.0632. The number of rotatable bonds is 2. The standard InChI is InChI=1S/C14H15N3O/c1-8-11(7-18)6-13(15-8)10-3-4-12-14(5-10)17-9(2)16-12/h3-6,15,18H,7H2,1-2H3,(H,16,17). The molecule has 0 atom stereocenters. The van der Waals surface area contributed by atoms with E-state index >= 15 is 0 Å². The van der Waals surface area contributed by atoms with Crippen molar-refractivity contribution >= 4 is 11.0 Å². The zero-order valence-corrected chi connectivity index (χ0v) is 10.4. The van der Waals surface area contributed by atoms with Crippen LogP contribution in [-0.2, 0) is 6.61 Å². The third-order valence-electron chi connectivity index (χ3n) is 3.20. The molecule has 0 spiro atoms. The van der Waals surface area contributed by atoms with Crippen molar-refractivity contribution in [1.82, 2.24) is 15.0 Å². The van der Waals surface area contributed by atoms with E-state index in [2.05, 4.69) is 21.0 Å². The number of imidazole rings is 1. The first kappa shape index (κ1) is 11.0. The van der Waals surface area contributed by atoms with Crippen molar-refractivity contribution in [2.45, 2.75) is 20.5 Å². The average molecular weight is 241 g/mol. The lowest BCUT2D eigenvalue weighted by molar-refractivity contribution is 0.281. The summed E-state index contributed by atoms with van der Waals surface area (Å²) in [5.41, 5.74) is 6.06. The Morgan fingerprint density at radius 3 is 2.72 bits per heavy atom. The lowest BCUT2D eigenvalue weighted by Crippen LogP contribution is -1.81. The highest BCUT2D eigenvalue weighted by atomic mass is 16.3. The number of benzene rings is 1. The molecule has 4 heteroatoms. The number of aromatic amines is 2. The number of nitrogens with one attached hydrogen (secondary N) is 2. The molecule has 0 amide bonds. The summed E-state index contributed by atoms with van der Waals surface area (Å²) in [6.45, 7) is 3.98. The molecule has 0 aliphatic rings. The topological polar surface area (TPSA) is 64.7 Å². The van der Waals surface area contributed by atoms with Gasteiger partial charge in [-0.1, -0.05) is 6.07 Å². The van der Waals surface area contributed by atoms with Gasteiger partial charge in [0.15, 0.2) is 0 Å². The molecule has 0 aliphatic heterocycles. The molecular formula is C14H15N3O. The molecule has 0 radical (unpaired) electrons. The summed E-state index contributed by atoms with van der Waals surface area (Å²) in [5, 5.41) is 9.22. The lowest BCUT2D eigenvalue weighted by Gasteiger charge is -1.97. The number of aromatic nitrogens is 3. The highest BCUT2D eigenvalue weighted by molar-refractivity contribution is 5.81. The molecule has 92 valence electrons. The van der Waals surface area contributed by atoms with Crippen LogP contribution in [0.25, 0.3) is 22.3 Å². The Kier molecular flexibility index (Phi) is 2.45. The number of nitrogens with zero attached hydrogens (tertiary/aromatic N) is 1. The summed E-state index contributed by atoms with van der Waals surface area (Å²) in [6.07, 6.45) is 0. The van der Waals surface area contributed by atoms with Crippen LogP contribution in [0.15, 0.2) is 24.3 Å². The number of aryl methyl sites for hydroxylation is 2. The van der Waals surface area contributed by atoms with E-state index < -0.39 is 0 Å². The first-order chi connectivity index (χ1) is 8.67. The van der Waals surface area contributed by atoms with Crippen LogP contribution >= 0.6 is 0 Å². The monoisotopic (exact) mass is 241 g/mol. The van der Waals surface area contributed by atoms with E-state index in [0.717, 1.165) is 39.4 Å². The van der Waals surface area contributed by atoms with Gasteiger partial charge in [-0.2, -0.15) is 0 Å². The van der Waals surface area contributed by atoms with E-state index in [1.807, 2.05) is 32.0 Å². The van der Waals surface area contributed by atoms with Gasteiger partial charge in [-0.3, -0.25) is 0 Å². The van der Waals surface area contributed by atoms with E-state index in [0.29, 0.717) is 0 Å². The molecule has 3 N–H and O–H groups in total. The molecule has 18 heavy (non-hydrogen) atoms. The van der Waals surface area contributed by atoms with Crippen LogP contribution in [0, 0.1) is 13.8 Å². The van der Waals surface area contributed by atoms with Gasteiger partial charge >= 0.3 is 0 Å². The predicted octanol–water partition coefficient (Wildman–Crippen LogP) is 2.67. The normalized spacial score (nSPS) is 11.3. The van der Waals surface area contributed by atoms with Crippen LogP contribution in [0.4, 0.5) is 0 Å². The Bertz CT molecular complexity index is 709. The van der Waals surface area contributed by atoms with Crippen LogP contribution in [0.2, 0.25) is 0 Å². The van der Waals surface area contributed by atoms with Gasteiger partial charge in [0, 0.05) is 17.0 Å². The van der Waals surface area contributed by atoms with Gasteiger partial charge in [-0.15, -0.1) is 0 Å². The van der Waals surface area contributed by atoms with Crippen LogP contribution < -0.4 is 0 Å². The first-order valence-electron chi connectivity index (χ1n) is 5.93. The van der Waals surface area contributed by atoms with Crippen molar-refractivity contribution in [3.05, 3.63) is 41.3 Å². The maximum absolute atomic E-state index is 9.22. The molecular weight excluding hydrogens is 226 g/mol. The van der Waals surface area contributed by atoms with Gasteiger partial charge in [-0.25, -0.2) is 4.98 Å². The van der Waals surface area contributed by atoms with Gasteiger partial charge in [-0.05, 0) is 37.6 Å². The van der Waals surface area contributed by atoms with Crippen LogP contribution in [0.3, 0.4) is 0 Å². The molecule has 0 unspecified atom stereocenters. The SMILES string of the molecule is Cc1nc2ccc(-c3cc(CO)c(C)[nH]3)cc2[nH]1. The molecule has 3 aromatic rings. The highest BCUT2D eigenvalue weighted by Gasteiger charge is 2.07. The van der Waals surface area contributed by atoms with Crippen molar-refractivity contribution in [3.8, 4) is 11.3 Å². The van der Waals surface area contributed by atoms with Crippen molar-refractivity contribution in [2.24, 2.45) is 0 Å². The molecule has 0 saturated carbocycles. The summed E-state index contributed by atoms with van der Waals surface area (Å²) in [7, 11) is 0. The summed E-state index contributed by atoms with van der Waals surface area (Å²) >= 11 is 0. The van der Waals surface area contributed by atoms with E-state index in [1.165, 1.54) is 0 Å².